The summed E-state index contributed by atoms with van der Waals surface area (Å²) in [6.07, 6.45) is 1.71. The first-order valence-corrected chi connectivity index (χ1v) is 9.53. The monoisotopic (exact) mass is 362 g/mol. The highest BCUT2D eigenvalue weighted by Crippen LogP contribution is 2.22. The van der Waals surface area contributed by atoms with Gasteiger partial charge in [0, 0.05) is 17.2 Å². The van der Waals surface area contributed by atoms with E-state index >= 15 is 0 Å². The molecule has 7 heteroatoms. The van der Waals surface area contributed by atoms with Crippen LogP contribution in [0.4, 0.5) is 4.39 Å². The molecule has 2 aromatic carbocycles. The van der Waals surface area contributed by atoms with Gasteiger partial charge in [-0.1, -0.05) is 18.2 Å². The predicted molar refractivity (Wildman–Crippen MR) is 92.1 cm³/mol. The summed E-state index contributed by atoms with van der Waals surface area (Å²) in [6, 6.07) is 11.4. The molecule has 1 aliphatic rings. The molecular weight excluding hydrogens is 343 g/mol. The lowest BCUT2D eigenvalue weighted by molar-refractivity contribution is 0.0939. The Morgan fingerprint density at radius 1 is 1.12 bits per heavy atom. The van der Waals surface area contributed by atoms with Crippen LogP contribution < -0.4 is 10.0 Å². The van der Waals surface area contributed by atoms with Gasteiger partial charge in [0.05, 0.1) is 10.9 Å². The molecule has 0 saturated heterocycles. The average molecular weight is 362 g/mol. The van der Waals surface area contributed by atoms with E-state index in [4.69, 9.17) is 0 Å². The van der Waals surface area contributed by atoms with Gasteiger partial charge in [0.2, 0.25) is 10.0 Å². The Bertz CT molecular complexity index is 877. The summed E-state index contributed by atoms with van der Waals surface area (Å²) in [5, 5.41) is 2.71. The molecule has 3 rings (SSSR count). The number of nitrogens with one attached hydrogen (secondary N) is 2. The number of sulfonamides is 1. The van der Waals surface area contributed by atoms with Gasteiger partial charge < -0.3 is 5.32 Å². The van der Waals surface area contributed by atoms with Crippen molar-refractivity contribution in [3.63, 3.8) is 0 Å². The predicted octanol–water partition coefficient (Wildman–Crippen LogP) is 2.76. The zero-order chi connectivity index (χ0) is 18.0. The maximum atomic E-state index is 13.8. The molecule has 0 bridgehead atoms. The van der Waals surface area contributed by atoms with E-state index in [2.05, 4.69) is 10.0 Å². The van der Waals surface area contributed by atoms with E-state index in [-0.39, 0.29) is 16.8 Å². The van der Waals surface area contributed by atoms with Crippen molar-refractivity contribution in [2.75, 3.05) is 0 Å². The van der Waals surface area contributed by atoms with Crippen LogP contribution in [-0.4, -0.2) is 20.4 Å². The molecule has 2 N–H and O–H groups in total. The number of halogens is 1. The first kappa shape index (κ1) is 17.6. The maximum absolute atomic E-state index is 13.8. The van der Waals surface area contributed by atoms with Gasteiger partial charge in [-0.25, -0.2) is 17.5 Å². The van der Waals surface area contributed by atoms with E-state index in [0.717, 1.165) is 12.8 Å². The Balaban J connectivity index is 1.69. The van der Waals surface area contributed by atoms with Crippen LogP contribution in [0.3, 0.4) is 0 Å². The summed E-state index contributed by atoms with van der Waals surface area (Å²) in [4.78, 5) is 12.4. The van der Waals surface area contributed by atoms with Crippen LogP contribution in [-0.2, 0) is 10.0 Å². The Hall–Kier alpha value is -2.25. The highest BCUT2D eigenvalue weighted by molar-refractivity contribution is 7.89. The lowest BCUT2D eigenvalue weighted by Crippen LogP contribution is -2.28. The van der Waals surface area contributed by atoms with Crippen molar-refractivity contribution in [2.45, 2.75) is 36.7 Å². The molecule has 132 valence electrons. The largest absolute Gasteiger partial charge is 0.345 e. The Kier molecular flexibility index (Phi) is 4.87. The van der Waals surface area contributed by atoms with Gasteiger partial charge in [0.15, 0.2) is 0 Å². The van der Waals surface area contributed by atoms with Crippen LogP contribution in [0.1, 0.15) is 41.7 Å². The third kappa shape index (κ3) is 4.24. The fourth-order valence-electron chi connectivity index (χ4n) is 2.46. The van der Waals surface area contributed by atoms with E-state index in [0.29, 0.717) is 11.1 Å². The SMILES string of the molecule is CC(NC(=O)c1ccc(S(=O)(=O)NC2CC2)cc1)c1ccccc1F. The minimum atomic E-state index is -3.54. The third-order valence-electron chi connectivity index (χ3n) is 4.05. The molecule has 0 aromatic heterocycles. The number of carbonyl (C=O) groups excluding carboxylic acids is 1. The molecule has 2 aromatic rings. The van der Waals surface area contributed by atoms with Gasteiger partial charge in [0.1, 0.15) is 5.82 Å². The van der Waals surface area contributed by atoms with Crippen molar-refractivity contribution in [1.29, 1.82) is 0 Å². The minimum Gasteiger partial charge on any atom is -0.345 e. The normalized spacial score (nSPS) is 15.6. The first-order valence-electron chi connectivity index (χ1n) is 8.04. The minimum absolute atomic E-state index is 0.0228. The second-order valence-electron chi connectivity index (χ2n) is 6.14. The Labute approximate surface area is 146 Å². The molecule has 0 aliphatic heterocycles. The number of hydrogen-bond donors (Lipinski definition) is 2. The fraction of sp³-hybridized carbons (Fsp3) is 0.278. The van der Waals surface area contributed by atoms with Gasteiger partial charge in [0.25, 0.3) is 5.91 Å². The highest BCUT2D eigenvalue weighted by atomic mass is 32.2. The summed E-state index contributed by atoms with van der Waals surface area (Å²) in [7, 11) is -3.54. The number of hydrogen-bond acceptors (Lipinski definition) is 3. The zero-order valence-electron chi connectivity index (χ0n) is 13.7. The van der Waals surface area contributed by atoms with E-state index in [1.54, 1.807) is 25.1 Å². The summed E-state index contributed by atoms with van der Waals surface area (Å²) in [5.74, 6) is -0.780. The molecule has 1 aliphatic carbocycles. The quantitative estimate of drug-likeness (QED) is 0.830. The van der Waals surface area contributed by atoms with Crippen LogP contribution in [0.25, 0.3) is 0 Å². The summed E-state index contributed by atoms with van der Waals surface area (Å²) >= 11 is 0. The van der Waals surface area contributed by atoms with Gasteiger partial charge in [-0.3, -0.25) is 4.79 Å². The van der Waals surface area contributed by atoms with Gasteiger partial charge in [-0.05, 0) is 50.1 Å². The molecule has 1 fully saturated rings. The molecule has 0 heterocycles. The third-order valence-corrected chi connectivity index (χ3v) is 5.58. The summed E-state index contributed by atoms with van der Waals surface area (Å²) in [6.45, 7) is 1.69. The number of amides is 1. The van der Waals surface area contributed by atoms with Crippen molar-refractivity contribution in [1.82, 2.24) is 10.0 Å². The molecule has 1 saturated carbocycles. The summed E-state index contributed by atoms with van der Waals surface area (Å²) in [5.41, 5.74) is 0.706. The van der Waals surface area contributed by atoms with Crippen LogP contribution in [0.5, 0.6) is 0 Å². The molecule has 1 unspecified atom stereocenters. The lowest BCUT2D eigenvalue weighted by Gasteiger charge is -2.15. The standard InChI is InChI=1S/C18H19FN2O3S/c1-12(16-4-2-3-5-17(16)19)20-18(22)13-6-10-15(11-7-13)25(23,24)21-14-8-9-14/h2-7,10-12,14,21H,8-9H2,1H3,(H,20,22). The van der Waals surface area contributed by atoms with Crippen LogP contribution >= 0.6 is 0 Å². The second-order valence-corrected chi connectivity index (χ2v) is 7.85. The maximum Gasteiger partial charge on any atom is 0.251 e. The van der Waals surface area contributed by atoms with Crippen molar-refractivity contribution in [3.05, 3.63) is 65.5 Å². The lowest BCUT2D eigenvalue weighted by atomic mass is 10.1. The number of rotatable bonds is 6. The van der Waals surface area contributed by atoms with Crippen molar-refractivity contribution >= 4 is 15.9 Å². The second kappa shape index (κ2) is 6.93. The molecular formula is C18H19FN2O3S. The van der Waals surface area contributed by atoms with Crippen LogP contribution in [0, 0.1) is 5.82 Å². The van der Waals surface area contributed by atoms with Gasteiger partial charge in [-0.15, -0.1) is 0 Å². The molecule has 0 spiro atoms. The highest BCUT2D eigenvalue weighted by Gasteiger charge is 2.28. The Morgan fingerprint density at radius 2 is 1.76 bits per heavy atom. The molecule has 5 nitrogen and oxygen atoms in total. The molecule has 25 heavy (non-hydrogen) atoms. The van der Waals surface area contributed by atoms with Gasteiger partial charge in [-0.2, -0.15) is 0 Å². The molecule has 1 amide bonds. The average Bonchev–Trinajstić information content (AvgIpc) is 3.38. The Morgan fingerprint density at radius 3 is 2.36 bits per heavy atom. The van der Waals surface area contributed by atoms with E-state index in [1.165, 1.54) is 30.3 Å². The first-order chi connectivity index (χ1) is 11.9. The topological polar surface area (TPSA) is 75.3 Å². The van der Waals surface area contributed by atoms with E-state index in [9.17, 15) is 17.6 Å². The zero-order valence-corrected chi connectivity index (χ0v) is 14.5. The molecule has 1 atom stereocenters. The smallest absolute Gasteiger partial charge is 0.251 e. The summed E-state index contributed by atoms with van der Waals surface area (Å²) < 4.78 is 40.6. The van der Waals surface area contributed by atoms with Crippen molar-refractivity contribution in [3.8, 4) is 0 Å². The van der Waals surface area contributed by atoms with Crippen molar-refractivity contribution in [2.24, 2.45) is 0 Å². The number of carbonyl (C=O) groups is 1. The number of benzene rings is 2. The van der Waals surface area contributed by atoms with E-state index in [1.807, 2.05) is 0 Å². The fourth-order valence-corrected chi connectivity index (χ4v) is 3.76. The van der Waals surface area contributed by atoms with Gasteiger partial charge >= 0.3 is 0 Å². The van der Waals surface area contributed by atoms with Crippen LogP contribution in [0.15, 0.2) is 53.4 Å². The van der Waals surface area contributed by atoms with Crippen LogP contribution in [0.2, 0.25) is 0 Å². The van der Waals surface area contributed by atoms with Crippen molar-refractivity contribution < 1.29 is 17.6 Å². The molecule has 0 radical (unpaired) electrons. The van der Waals surface area contributed by atoms with E-state index < -0.39 is 22.0 Å².